The van der Waals surface area contributed by atoms with Crippen molar-refractivity contribution < 1.29 is 9.90 Å². The Morgan fingerprint density at radius 2 is 1.68 bits per heavy atom. The van der Waals surface area contributed by atoms with Gasteiger partial charge in [-0.05, 0) is 73.8 Å². The first-order chi connectivity index (χ1) is 17.6. The molecule has 37 heavy (non-hydrogen) atoms. The summed E-state index contributed by atoms with van der Waals surface area (Å²) in [6.07, 6.45) is 2.13. The normalized spacial score (nSPS) is 11.9. The average molecular weight is 496 g/mol. The Kier molecular flexibility index (Phi) is 7.55. The number of carbonyl (C=O) groups is 1. The topological polar surface area (TPSA) is 57.5 Å². The van der Waals surface area contributed by atoms with Gasteiger partial charge in [-0.15, -0.1) is 0 Å². The molecule has 0 aliphatic carbocycles. The summed E-state index contributed by atoms with van der Waals surface area (Å²) in [6, 6.07) is 24.1. The van der Waals surface area contributed by atoms with Crippen LogP contribution in [0.25, 0.3) is 22.3 Å². The summed E-state index contributed by atoms with van der Waals surface area (Å²) in [4.78, 5) is 14.0. The van der Waals surface area contributed by atoms with Gasteiger partial charge in [0.25, 0.3) is 0 Å². The molecular formula is C32H37N3O2. The second-order valence-electron chi connectivity index (χ2n) is 10.7. The SMILES string of the molecule is C=C(NCC(C)(C)N(C)Cc1cn(-c2ccccc2)c2ccc(C(=O)O)cc12)c1ccc(C(C)C)cc1. The first kappa shape index (κ1) is 26.2. The van der Waals surface area contributed by atoms with E-state index < -0.39 is 5.97 Å². The second kappa shape index (κ2) is 10.7. The number of aromatic carboxylic acids is 1. The Hall–Kier alpha value is -3.83. The number of nitrogens with zero attached hydrogens (tertiary/aromatic N) is 2. The number of benzene rings is 3. The molecule has 0 fully saturated rings. The summed E-state index contributed by atoms with van der Waals surface area (Å²) in [5.41, 5.74) is 6.55. The Morgan fingerprint density at radius 1 is 1.03 bits per heavy atom. The van der Waals surface area contributed by atoms with E-state index in [1.54, 1.807) is 12.1 Å². The molecule has 5 heteroatoms. The second-order valence-corrected chi connectivity index (χ2v) is 10.7. The molecule has 0 spiro atoms. The lowest BCUT2D eigenvalue weighted by Gasteiger charge is -2.36. The molecule has 4 aromatic rings. The minimum atomic E-state index is -0.918. The molecule has 2 N–H and O–H groups in total. The Bertz CT molecular complexity index is 1400. The molecule has 0 atom stereocenters. The zero-order valence-electron chi connectivity index (χ0n) is 22.5. The molecule has 0 aliphatic heterocycles. The lowest BCUT2D eigenvalue weighted by atomic mass is 9.99. The van der Waals surface area contributed by atoms with Crippen LogP contribution in [0.3, 0.4) is 0 Å². The third-order valence-electron chi connectivity index (χ3n) is 7.27. The minimum absolute atomic E-state index is 0.188. The molecule has 0 bridgehead atoms. The van der Waals surface area contributed by atoms with Crippen molar-refractivity contribution in [3.8, 4) is 5.69 Å². The lowest BCUT2D eigenvalue weighted by molar-refractivity contribution is 0.0697. The molecule has 0 saturated heterocycles. The minimum Gasteiger partial charge on any atom is -0.478 e. The molecule has 192 valence electrons. The number of likely N-dealkylation sites (N-methyl/N-ethyl adjacent to an activating group) is 1. The van der Waals surface area contributed by atoms with Crippen molar-refractivity contribution >= 4 is 22.6 Å². The number of nitrogens with one attached hydrogen (secondary N) is 1. The van der Waals surface area contributed by atoms with Crippen LogP contribution in [0.5, 0.6) is 0 Å². The van der Waals surface area contributed by atoms with E-state index >= 15 is 0 Å². The number of hydrogen-bond acceptors (Lipinski definition) is 3. The van der Waals surface area contributed by atoms with Gasteiger partial charge in [-0.3, -0.25) is 4.90 Å². The molecule has 4 rings (SSSR count). The average Bonchev–Trinajstić information content (AvgIpc) is 3.25. The molecule has 0 radical (unpaired) electrons. The summed E-state index contributed by atoms with van der Waals surface area (Å²) < 4.78 is 2.14. The number of rotatable bonds is 10. The molecule has 0 amide bonds. The summed E-state index contributed by atoms with van der Waals surface area (Å²) in [7, 11) is 2.11. The quantitative estimate of drug-likeness (QED) is 0.251. The first-order valence-corrected chi connectivity index (χ1v) is 12.7. The van der Waals surface area contributed by atoms with Gasteiger partial charge in [0.05, 0.1) is 11.1 Å². The van der Waals surface area contributed by atoms with Crippen LogP contribution in [0.1, 0.15) is 60.7 Å². The molecule has 0 unspecified atom stereocenters. The summed E-state index contributed by atoms with van der Waals surface area (Å²) in [6.45, 7) is 14.4. The van der Waals surface area contributed by atoms with Crippen LogP contribution in [0.2, 0.25) is 0 Å². The number of fused-ring (bicyclic) bond motifs is 1. The van der Waals surface area contributed by atoms with Crippen molar-refractivity contribution in [2.75, 3.05) is 13.6 Å². The van der Waals surface area contributed by atoms with Crippen LogP contribution in [0.4, 0.5) is 0 Å². The Labute approximate surface area is 220 Å². The number of carboxylic acid groups (broad SMARTS) is 1. The van der Waals surface area contributed by atoms with Crippen molar-refractivity contribution in [2.45, 2.75) is 45.7 Å². The molecule has 0 saturated carbocycles. The predicted octanol–water partition coefficient (Wildman–Crippen LogP) is 6.92. The molecule has 1 aromatic heterocycles. The molecule has 0 aliphatic rings. The largest absolute Gasteiger partial charge is 0.478 e. The number of carboxylic acids is 1. The third-order valence-corrected chi connectivity index (χ3v) is 7.27. The zero-order valence-corrected chi connectivity index (χ0v) is 22.5. The van der Waals surface area contributed by atoms with E-state index in [4.69, 9.17) is 0 Å². The molecule has 1 heterocycles. The smallest absolute Gasteiger partial charge is 0.335 e. The van der Waals surface area contributed by atoms with Crippen molar-refractivity contribution in [2.24, 2.45) is 0 Å². The lowest BCUT2D eigenvalue weighted by Crippen LogP contribution is -2.47. The third kappa shape index (κ3) is 5.78. The highest BCUT2D eigenvalue weighted by Gasteiger charge is 2.25. The summed E-state index contributed by atoms with van der Waals surface area (Å²) in [5.74, 6) is -0.416. The highest BCUT2D eigenvalue weighted by Crippen LogP contribution is 2.29. The Balaban J connectivity index is 1.54. The maximum atomic E-state index is 11.7. The molecular weight excluding hydrogens is 458 g/mol. The summed E-state index contributed by atoms with van der Waals surface area (Å²) in [5, 5.41) is 14.1. The van der Waals surface area contributed by atoms with Gasteiger partial charge >= 0.3 is 5.97 Å². The van der Waals surface area contributed by atoms with Crippen LogP contribution in [-0.4, -0.2) is 39.7 Å². The van der Waals surface area contributed by atoms with E-state index in [1.165, 1.54) is 5.56 Å². The fourth-order valence-electron chi connectivity index (χ4n) is 4.46. The van der Waals surface area contributed by atoms with Crippen LogP contribution in [0.15, 0.2) is 85.6 Å². The van der Waals surface area contributed by atoms with E-state index in [-0.39, 0.29) is 5.54 Å². The fourth-order valence-corrected chi connectivity index (χ4v) is 4.46. The van der Waals surface area contributed by atoms with Gasteiger partial charge in [0.15, 0.2) is 0 Å². The van der Waals surface area contributed by atoms with Gasteiger partial charge < -0.3 is 15.0 Å². The highest BCUT2D eigenvalue weighted by molar-refractivity contribution is 5.95. The van der Waals surface area contributed by atoms with Crippen LogP contribution in [0, 0.1) is 0 Å². The fraction of sp³-hybridized carbons (Fsp3) is 0.281. The molecule has 3 aromatic carbocycles. The predicted molar refractivity (Wildman–Crippen MR) is 153 cm³/mol. The Morgan fingerprint density at radius 3 is 2.30 bits per heavy atom. The number of aromatic nitrogens is 1. The van der Waals surface area contributed by atoms with Gasteiger partial charge in [0.2, 0.25) is 0 Å². The first-order valence-electron chi connectivity index (χ1n) is 12.7. The van der Waals surface area contributed by atoms with Crippen molar-refractivity contribution in [1.82, 2.24) is 14.8 Å². The van der Waals surface area contributed by atoms with Gasteiger partial charge in [0, 0.05) is 41.6 Å². The van der Waals surface area contributed by atoms with E-state index in [9.17, 15) is 9.90 Å². The standard InChI is InChI=1S/C32H37N3O2/c1-22(2)24-12-14-25(15-13-24)23(3)33-21-32(4,5)34(6)19-27-20-35(28-10-8-7-9-11-28)30-17-16-26(31(36)37)18-29(27)30/h7-18,20,22,33H,3,19,21H2,1-2,4-6H3,(H,36,37). The van der Waals surface area contributed by atoms with E-state index in [1.807, 2.05) is 24.3 Å². The van der Waals surface area contributed by atoms with E-state index in [0.29, 0.717) is 24.6 Å². The molecule has 5 nitrogen and oxygen atoms in total. The van der Waals surface area contributed by atoms with Crippen LogP contribution >= 0.6 is 0 Å². The summed E-state index contributed by atoms with van der Waals surface area (Å²) >= 11 is 0. The van der Waals surface area contributed by atoms with Crippen molar-refractivity contribution in [1.29, 1.82) is 0 Å². The van der Waals surface area contributed by atoms with Gasteiger partial charge in [-0.1, -0.05) is 62.9 Å². The van der Waals surface area contributed by atoms with Gasteiger partial charge in [-0.2, -0.15) is 0 Å². The number of hydrogen-bond donors (Lipinski definition) is 2. The van der Waals surface area contributed by atoms with Crippen LogP contribution in [-0.2, 0) is 6.54 Å². The van der Waals surface area contributed by atoms with Crippen molar-refractivity contribution in [3.63, 3.8) is 0 Å². The van der Waals surface area contributed by atoms with E-state index in [0.717, 1.165) is 33.4 Å². The van der Waals surface area contributed by atoms with Gasteiger partial charge in [-0.25, -0.2) is 4.79 Å². The van der Waals surface area contributed by atoms with Gasteiger partial charge in [0.1, 0.15) is 0 Å². The maximum Gasteiger partial charge on any atom is 0.335 e. The maximum absolute atomic E-state index is 11.7. The number of para-hydroxylation sites is 1. The van der Waals surface area contributed by atoms with Crippen molar-refractivity contribution in [3.05, 3.63) is 108 Å². The van der Waals surface area contributed by atoms with Crippen LogP contribution < -0.4 is 5.32 Å². The highest BCUT2D eigenvalue weighted by atomic mass is 16.4. The zero-order chi connectivity index (χ0) is 26.7. The monoisotopic (exact) mass is 495 g/mol. The van der Waals surface area contributed by atoms with E-state index in [2.05, 4.69) is 98.7 Å².